The van der Waals surface area contributed by atoms with Gasteiger partial charge in [-0.15, -0.1) is 0 Å². The number of hydrogen-bond donors (Lipinski definition) is 1. The lowest BCUT2D eigenvalue weighted by atomic mass is 10.3. The van der Waals surface area contributed by atoms with Gasteiger partial charge in [-0.2, -0.15) is 0 Å². The number of nitrogen functional groups attached to an aromatic ring is 1. The van der Waals surface area contributed by atoms with Gasteiger partial charge >= 0.3 is 0 Å². The molecule has 0 radical (unpaired) electrons. The summed E-state index contributed by atoms with van der Waals surface area (Å²) in [5.41, 5.74) is 6.75. The molecule has 0 aliphatic carbocycles. The molecule has 0 amide bonds. The highest BCUT2D eigenvalue weighted by Crippen LogP contribution is 2.20. The number of hydrogen-bond acceptors (Lipinski definition) is 5. The zero-order valence-electron chi connectivity index (χ0n) is 8.68. The fourth-order valence-electron chi connectivity index (χ4n) is 1.26. The van der Waals surface area contributed by atoms with Gasteiger partial charge in [0.1, 0.15) is 5.82 Å². The summed E-state index contributed by atoms with van der Waals surface area (Å²) < 4.78 is 0.903. The number of nitrogens with two attached hydrogens (primary N) is 1. The summed E-state index contributed by atoms with van der Waals surface area (Å²) in [4.78, 5) is 16.8. The Kier molecular flexibility index (Phi) is 3.28. The van der Waals surface area contributed by atoms with E-state index in [0.29, 0.717) is 17.5 Å². The fraction of sp³-hybridized carbons (Fsp3) is 0.200. The lowest BCUT2D eigenvalue weighted by Gasteiger charge is -2.06. The molecule has 0 spiro atoms. The summed E-state index contributed by atoms with van der Waals surface area (Å²) in [6.07, 6.45) is 4.13. The Labute approximate surface area is 107 Å². The monoisotopic (exact) mass is 327 g/mol. The van der Waals surface area contributed by atoms with E-state index in [0.717, 1.165) is 15.7 Å². The van der Waals surface area contributed by atoms with E-state index in [1.165, 1.54) is 0 Å². The van der Waals surface area contributed by atoms with Crippen molar-refractivity contribution in [1.82, 2.24) is 19.9 Å². The first-order chi connectivity index (χ1) is 7.72. The summed E-state index contributed by atoms with van der Waals surface area (Å²) >= 11 is 2.15. The van der Waals surface area contributed by atoms with Crippen LogP contribution in [-0.4, -0.2) is 19.9 Å². The van der Waals surface area contributed by atoms with Crippen LogP contribution in [0.3, 0.4) is 0 Å². The van der Waals surface area contributed by atoms with Crippen molar-refractivity contribution in [2.24, 2.45) is 0 Å². The predicted molar refractivity (Wildman–Crippen MR) is 69.6 cm³/mol. The minimum absolute atomic E-state index is 0.481. The Morgan fingerprint density at radius 2 is 1.88 bits per heavy atom. The van der Waals surface area contributed by atoms with Crippen molar-refractivity contribution in [3.8, 4) is 11.6 Å². The molecule has 0 aliphatic heterocycles. The third kappa shape index (κ3) is 2.11. The molecule has 0 saturated carbocycles. The van der Waals surface area contributed by atoms with Gasteiger partial charge in [0, 0.05) is 12.4 Å². The summed E-state index contributed by atoms with van der Waals surface area (Å²) in [6, 6.07) is 1.75. The highest BCUT2D eigenvalue weighted by molar-refractivity contribution is 14.1. The molecule has 5 nitrogen and oxygen atoms in total. The Morgan fingerprint density at radius 1 is 1.19 bits per heavy atom. The maximum atomic E-state index is 5.82. The van der Waals surface area contributed by atoms with Crippen LogP contribution in [0, 0.1) is 3.57 Å². The standard InChI is InChI=1S/C10H10IN5/c1-2-6-7(11)8(12)16-10(15-6)9-13-4-3-5-14-9/h3-5H,2H2,1H3,(H2,12,15,16). The third-order valence-electron chi connectivity index (χ3n) is 2.05. The number of aromatic nitrogens is 4. The van der Waals surface area contributed by atoms with Gasteiger partial charge < -0.3 is 5.73 Å². The number of halogens is 1. The summed E-state index contributed by atoms with van der Waals surface area (Å²) in [7, 11) is 0. The van der Waals surface area contributed by atoms with Crippen molar-refractivity contribution >= 4 is 28.4 Å². The molecule has 0 fully saturated rings. The molecule has 2 heterocycles. The Balaban J connectivity index is 2.55. The van der Waals surface area contributed by atoms with Crippen molar-refractivity contribution in [3.63, 3.8) is 0 Å². The third-order valence-corrected chi connectivity index (χ3v) is 3.22. The Hall–Kier alpha value is -1.31. The maximum absolute atomic E-state index is 5.82. The molecule has 0 aromatic carbocycles. The smallest absolute Gasteiger partial charge is 0.199 e. The second kappa shape index (κ2) is 4.69. The van der Waals surface area contributed by atoms with Crippen LogP contribution in [-0.2, 0) is 6.42 Å². The van der Waals surface area contributed by atoms with Crippen molar-refractivity contribution in [3.05, 3.63) is 27.7 Å². The van der Waals surface area contributed by atoms with Gasteiger partial charge in [0.2, 0.25) is 0 Å². The largest absolute Gasteiger partial charge is 0.383 e. The molecular weight excluding hydrogens is 317 g/mol. The van der Waals surface area contributed by atoms with Gasteiger partial charge in [0.05, 0.1) is 9.26 Å². The van der Waals surface area contributed by atoms with Crippen LogP contribution >= 0.6 is 22.6 Å². The second-order valence-electron chi connectivity index (χ2n) is 3.12. The van der Waals surface area contributed by atoms with E-state index in [1.807, 2.05) is 6.92 Å². The van der Waals surface area contributed by atoms with Crippen LogP contribution < -0.4 is 5.73 Å². The second-order valence-corrected chi connectivity index (χ2v) is 4.20. The number of nitrogens with zero attached hydrogens (tertiary/aromatic N) is 4. The molecule has 2 rings (SSSR count). The van der Waals surface area contributed by atoms with Gasteiger partial charge in [-0.05, 0) is 35.1 Å². The fourth-order valence-corrected chi connectivity index (χ4v) is 1.88. The molecule has 0 atom stereocenters. The van der Waals surface area contributed by atoms with Crippen molar-refractivity contribution < 1.29 is 0 Å². The molecule has 2 N–H and O–H groups in total. The average Bonchev–Trinajstić information content (AvgIpc) is 2.33. The molecule has 0 unspecified atom stereocenters. The Bertz CT molecular complexity index is 500. The van der Waals surface area contributed by atoms with E-state index in [2.05, 4.69) is 42.5 Å². The van der Waals surface area contributed by atoms with Crippen molar-refractivity contribution in [1.29, 1.82) is 0 Å². The first kappa shape index (κ1) is 11.2. The van der Waals surface area contributed by atoms with Crippen LogP contribution in [0.2, 0.25) is 0 Å². The Morgan fingerprint density at radius 3 is 2.50 bits per heavy atom. The van der Waals surface area contributed by atoms with E-state index in [1.54, 1.807) is 18.5 Å². The molecule has 16 heavy (non-hydrogen) atoms. The first-order valence-electron chi connectivity index (χ1n) is 4.81. The van der Waals surface area contributed by atoms with Crippen LogP contribution in [0.4, 0.5) is 5.82 Å². The molecular formula is C10H10IN5. The summed E-state index contributed by atoms with van der Waals surface area (Å²) in [5.74, 6) is 1.46. The van der Waals surface area contributed by atoms with Crippen molar-refractivity contribution in [2.75, 3.05) is 5.73 Å². The average molecular weight is 327 g/mol. The van der Waals surface area contributed by atoms with Gasteiger partial charge in [-0.25, -0.2) is 19.9 Å². The van der Waals surface area contributed by atoms with Crippen LogP contribution in [0.25, 0.3) is 11.6 Å². The van der Waals surface area contributed by atoms with E-state index in [4.69, 9.17) is 5.73 Å². The van der Waals surface area contributed by atoms with Crippen LogP contribution in [0.5, 0.6) is 0 Å². The predicted octanol–water partition coefficient (Wildman–Crippen LogP) is 1.68. The van der Waals surface area contributed by atoms with Crippen molar-refractivity contribution in [2.45, 2.75) is 13.3 Å². The lowest BCUT2D eigenvalue weighted by molar-refractivity contribution is 0.975. The van der Waals surface area contributed by atoms with Crippen LogP contribution in [0.1, 0.15) is 12.6 Å². The first-order valence-corrected chi connectivity index (χ1v) is 5.89. The molecule has 0 saturated heterocycles. The van der Waals surface area contributed by atoms with Gasteiger partial charge in [-0.3, -0.25) is 0 Å². The minimum atomic E-state index is 0.481. The van der Waals surface area contributed by atoms with Crippen LogP contribution in [0.15, 0.2) is 18.5 Å². The summed E-state index contributed by atoms with van der Waals surface area (Å²) in [5, 5.41) is 0. The van der Waals surface area contributed by atoms with E-state index in [9.17, 15) is 0 Å². The van der Waals surface area contributed by atoms with E-state index < -0.39 is 0 Å². The summed E-state index contributed by atoms with van der Waals surface area (Å²) in [6.45, 7) is 2.03. The minimum Gasteiger partial charge on any atom is -0.383 e. The highest BCUT2D eigenvalue weighted by atomic mass is 127. The van der Waals surface area contributed by atoms with Gasteiger partial charge in [-0.1, -0.05) is 6.92 Å². The molecule has 2 aromatic rings. The topological polar surface area (TPSA) is 77.6 Å². The highest BCUT2D eigenvalue weighted by Gasteiger charge is 2.11. The molecule has 6 heteroatoms. The zero-order chi connectivity index (χ0) is 11.5. The molecule has 0 bridgehead atoms. The number of aryl methyl sites for hydroxylation is 1. The van der Waals surface area contributed by atoms with Gasteiger partial charge in [0.25, 0.3) is 0 Å². The van der Waals surface area contributed by atoms with E-state index >= 15 is 0 Å². The molecule has 82 valence electrons. The number of rotatable bonds is 2. The number of anilines is 1. The normalized spacial score (nSPS) is 10.4. The maximum Gasteiger partial charge on any atom is 0.199 e. The lowest BCUT2D eigenvalue weighted by Crippen LogP contribution is -2.05. The van der Waals surface area contributed by atoms with Gasteiger partial charge in [0.15, 0.2) is 11.6 Å². The van der Waals surface area contributed by atoms with E-state index in [-0.39, 0.29) is 0 Å². The SMILES string of the molecule is CCc1nc(-c2ncccn2)nc(N)c1I. The zero-order valence-corrected chi connectivity index (χ0v) is 10.8. The quantitative estimate of drug-likeness (QED) is 0.849. The molecule has 0 aliphatic rings. The molecule has 2 aromatic heterocycles.